The third-order valence-corrected chi connectivity index (χ3v) is 5.16. The number of guanidine groups is 1. The number of pyridine rings is 1. The summed E-state index contributed by atoms with van der Waals surface area (Å²) in [5.74, 6) is 1.89. The first kappa shape index (κ1) is 24.4. The molecule has 0 spiro atoms. The summed E-state index contributed by atoms with van der Waals surface area (Å²) in [5.41, 5.74) is 4.94. The average molecular weight is 523 g/mol. The number of aromatic nitrogens is 1. The number of rotatable bonds is 5. The van der Waals surface area contributed by atoms with Crippen LogP contribution in [0.2, 0.25) is 0 Å². The van der Waals surface area contributed by atoms with Gasteiger partial charge in [0.15, 0.2) is 5.96 Å². The number of aliphatic imine (C=N–C) groups is 1. The SMILES string of the molecule is CCNC(=NCc1cccnc1N(C)C)N1CCOC(c2ccc(C)cc2C)C1.I. The van der Waals surface area contributed by atoms with Crippen LogP contribution in [0.5, 0.6) is 0 Å². The predicted molar refractivity (Wildman–Crippen MR) is 135 cm³/mol. The second kappa shape index (κ2) is 11.5. The van der Waals surface area contributed by atoms with Gasteiger partial charge in [0.2, 0.25) is 0 Å². The van der Waals surface area contributed by atoms with Gasteiger partial charge in [0, 0.05) is 38.9 Å². The van der Waals surface area contributed by atoms with Crippen molar-refractivity contribution < 1.29 is 4.74 Å². The Labute approximate surface area is 197 Å². The first-order chi connectivity index (χ1) is 14.0. The molecule has 1 aliphatic rings. The van der Waals surface area contributed by atoms with E-state index in [0.29, 0.717) is 13.2 Å². The Morgan fingerprint density at radius 1 is 1.30 bits per heavy atom. The molecule has 0 amide bonds. The molecule has 1 atom stereocenters. The molecule has 1 unspecified atom stereocenters. The Kier molecular flexibility index (Phi) is 9.36. The first-order valence-electron chi connectivity index (χ1n) is 10.3. The van der Waals surface area contributed by atoms with Gasteiger partial charge in [0.25, 0.3) is 0 Å². The summed E-state index contributed by atoms with van der Waals surface area (Å²) < 4.78 is 6.12. The molecule has 7 heteroatoms. The number of aryl methyl sites for hydroxylation is 2. The molecule has 1 fully saturated rings. The quantitative estimate of drug-likeness (QED) is 0.366. The molecule has 1 aliphatic heterocycles. The number of halogens is 1. The molecule has 1 saturated heterocycles. The third kappa shape index (κ3) is 6.07. The molecule has 0 bridgehead atoms. The van der Waals surface area contributed by atoms with E-state index in [1.165, 1.54) is 16.7 Å². The number of anilines is 1. The Morgan fingerprint density at radius 3 is 2.80 bits per heavy atom. The molecule has 164 valence electrons. The van der Waals surface area contributed by atoms with Gasteiger partial charge in [0.1, 0.15) is 11.9 Å². The van der Waals surface area contributed by atoms with Crippen LogP contribution in [0.4, 0.5) is 5.82 Å². The molecular formula is C23H34IN5O. The minimum absolute atomic E-state index is 0. The minimum Gasteiger partial charge on any atom is -0.370 e. The molecule has 0 aliphatic carbocycles. The summed E-state index contributed by atoms with van der Waals surface area (Å²) in [6.45, 7) is 10.1. The lowest BCUT2D eigenvalue weighted by Gasteiger charge is -2.36. The van der Waals surface area contributed by atoms with E-state index >= 15 is 0 Å². The van der Waals surface area contributed by atoms with Gasteiger partial charge >= 0.3 is 0 Å². The number of benzene rings is 1. The van der Waals surface area contributed by atoms with Crippen LogP contribution in [0, 0.1) is 13.8 Å². The van der Waals surface area contributed by atoms with Gasteiger partial charge in [-0.25, -0.2) is 9.98 Å². The highest BCUT2D eigenvalue weighted by Gasteiger charge is 2.25. The zero-order valence-corrected chi connectivity index (χ0v) is 21.0. The Bertz CT molecular complexity index is 855. The molecular weight excluding hydrogens is 489 g/mol. The van der Waals surface area contributed by atoms with E-state index in [0.717, 1.165) is 37.0 Å². The first-order valence-corrected chi connectivity index (χ1v) is 10.3. The highest BCUT2D eigenvalue weighted by molar-refractivity contribution is 14.0. The average Bonchev–Trinajstić information content (AvgIpc) is 2.71. The highest BCUT2D eigenvalue weighted by atomic mass is 127. The lowest BCUT2D eigenvalue weighted by Crippen LogP contribution is -2.48. The van der Waals surface area contributed by atoms with E-state index in [9.17, 15) is 0 Å². The largest absolute Gasteiger partial charge is 0.370 e. The van der Waals surface area contributed by atoms with Crippen molar-refractivity contribution in [2.24, 2.45) is 4.99 Å². The van der Waals surface area contributed by atoms with Crippen LogP contribution in [0.1, 0.15) is 35.3 Å². The fourth-order valence-corrected chi connectivity index (χ4v) is 3.76. The Hall–Kier alpha value is -1.87. The van der Waals surface area contributed by atoms with Crippen LogP contribution in [-0.4, -0.2) is 56.2 Å². The summed E-state index contributed by atoms with van der Waals surface area (Å²) in [6.07, 6.45) is 1.88. The maximum Gasteiger partial charge on any atom is 0.194 e. The molecule has 6 nitrogen and oxygen atoms in total. The predicted octanol–water partition coefficient (Wildman–Crippen LogP) is 3.92. The number of hydrogen-bond acceptors (Lipinski definition) is 4. The maximum absolute atomic E-state index is 6.12. The van der Waals surface area contributed by atoms with Crippen molar-refractivity contribution in [2.45, 2.75) is 33.4 Å². The van der Waals surface area contributed by atoms with Crippen molar-refractivity contribution in [3.8, 4) is 0 Å². The van der Waals surface area contributed by atoms with E-state index in [-0.39, 0.29) is 30.1 Å². The smallest absolute Gasteiger partial charge is 0.194 e. The van der Waals surface area contributed by atoms with E-state index in [1.807, 2.05) is 31.3 Å². The highest BCUT2D eigenvalue weighted by Crippen LogP contribution is 2.26. The second-order valence-corrected chi connectivity index (χ2v) is 7.72. The van der Waals surface area contributed by atoms with E-state index in [4.69, 9.17) is 9.73 Å². The van der Waals surface area contributed by atoms with Gasteiger partial charge in [-0.05, 0) is 38.0 Å². The lowest BCUT2D eigenvalue weighted by atomic mass is 10.00. The van der Waals surface area contributed by atoms with Gasteiger partial charge < -0.3 is 19.9 Å². The standard InChI is InChI=1S/C23H33N5O.HI/c1-6-24-23(26-15-19-8-7-11-25-22(19)27(4)5)28-12-13-29-21(16-28)20-10-9-17(2)14-18(20)3;/h7-11,14,21H,6,12-13,15-16H2,1-5H3,(H,24,26);1H. The number of hydrogen-bond donors (Lipinski definition) is 1. The number of nitrogens with zero attached hydrogens (tertiary/aromatic N) is 4. The lowest BCUT2D eigenvalue weighted by molar-refractivity contribution is -0.00834. The topological polar surface area (TPSA) is 53.0 Å². The van der Waals surface area contributed by atoms with Crippen LogP contribution in [-0.2, 0) is 11.3 Å². The van der Waals surface area contributed by atoms with Crippen LogP contribution in [0.3, 0.4) is 0 Å². The molecule has 1 N–H and O–H groups in total. The summed E-state index contributed by atoms with van der Waals surface area (Å²) in [6, 6.07) is 10.6. The van der Waals surface area contributed by atoms with Crippen molar-refractivity contribution in [3.05, 3.63) is 58.8 Å². The van der Waals surface area contributed by atoms with Gasteiger partial charge in [-0.2, -0.15) is 0 Å². The summed E-state index contributed by atoms with van der Waals surface area (Å²) >= 11 is 0. The van der Waals surface area contributed by atoms with Gasteiger partial charge in [-0.15, -0.1) is 24.0 Å². The van der Waals surface area contributed by atoms with Gasteiger partial charge in [0.05, 0.1) is 19.7 Å². The van der Waals surface area contributed by atoms with Crippen molar-refractivity contribution in [3.63, 3.8) is 0 Å². The summed E-state index contributed by atoms with van der Waals surface area (Å²) in [5, 5.41) is 3.45. The molecule has 2 heterocycles. The van der Waals surface area contributed by atoms with Crippen molar-refractivity contribution >= 4 is 35.8 Å². The number of ether oxygens (including phenoxy) is 1. The molecule has 2 aromatic rings. The molecule has 1 aromatic heterocycles. The van der Waals surface area contributed by atoms with Gasteiger partial charge in [-0.1, -0.05) is 29.8 Å². The zero-order valence-electron chi connectivity index (χ0n) is 18.7. The molecule has 1 aromatic carbocycles. The molecule has 3 rings (SSSR count). The van der Waals surface area contributed by atoms with Crippen molar-refractivity contribution in [2.75, 3.05) is 45.2 Å². The summed E-state index contributed by atoms with van der Waals surface area (Å²) in [4.78, 5) is 13.7. The monoisotopic (exact) mass is 523 g/mol. The summed E-state index contributed by atoms with van der Waals surface area (Å²) in [7, 11) is 4.02. The van der Waals surface area contributed by atoms with Crippen LogP contribution < -0.4 is 10.2 Å². The van der Waals surface area contributed by atoms with Crippen molar-refractivity contribution in [1.29, 1.82) is 0 Å². The van der Waals surface area contributed by atoms with E-state index in [2.05, 4.69) is 60.2 Å². The third-order valence-electron chi connectivity index (χ3n) is 5.16. The van der Waals surface area contributed by atoms with Crippen LogP contribution >= 0.6 is 24.0 Å². The zero-order chi connectivity index (χ0) is 20.8. The van der Waals surface area contributed by atoms with Crippen molar-refractivity contribution in [1.82, 2.24) is 15.2 Å². The van der Waals surface area contributed by atoms with E-state index in [1.54, 1.807) is 0 Å². The normalized spacial score (nSPS) is 16.8. The molecule has 0 radical (unpaired) electrons. The van der Waals surface area contributed by atoms with Crippen LogP contribution in [0.25, 0.3) is 0 Å². The van der Waals surface area contributed by atoms with Gasteiger partial charge in [-0.3, -0.25) is 0 Å². The molecule has 30 heavy (non-hydrogen) atoms. The number of nitrogens with one attached hydrogen (secondary N) is 1. The minimum atomic E-state index is 0. The number of morpholine rings is 1. The second-order valence-electron chi connectivity index (χ2n) is 7.72. The van der Waals surface area contributed by atoms with E-state index < -0.39 is 0 Å². The fraction of sp³-hybridized carbons (Fsp3) is 0.478. The Balaban J connectivity index is 0.00000320. The Morgan fingerprint density at radius 2 is 2.10 bits per heavy atom. The fourth-order valence-electron chi connectivity index (χ4n) is 3.76. The van der Waals surface area contributed by atoms with Crippen LogP contribution in [0.15, 0.2) is 41.5 Å². The maximum atomic E-state index is 6.12. The molecule has 0 saturated carbocycles.